The molecule has 1 aliphatic rings. The molecule has 11 rings (SSSR count). The molecular formula is C63H43BF2N2O4. The Bertz CT molecular complexity index is 3530. The third kappa shape index (κ3) is 9.99. The van der Waals surface area contributed by atoms with E-state index in [0.29, 0.717) is 85.2 Å². The van der Waals surface area contributed by atoms with Crippen LogP contribution in [0.2, 0.25) is 0 Å². The largest absolute Gasteiger partial charge is 0.678 e. The van der Waals surface area contributed by atoms with E-state index in [1.165, 1.54) is 0 Å². The van der Waals surface area contributed by atoms with Crippen LogP contribution in [-0.4, -0.2) is 17.6 Å². The Kier molecular flexibility index (Phi) is 12.9. The van der Waals surface area contributed by atoms with Crippen molar-refractivity contribution in [3.8, 4) is 68.4 Å². The second-order valence-corrected chi connectivity index (χ2v) is 16.8. The summed E-state index contributed by atoms with van der Waals surface area (Å²) in [5, 5.41) is 0. The zero-order valence-corrected chi connectivity index (χ0v) is 38.7. The third-order valence-electron chi connectivity index (χ3n) is 12.1. The lowest BCUT2D eigenvalue weighted by Crippen LogP contribution is -2.18. The number of rotatable bonds is 15. The molecule has 2 heterocycles. The van der Waals surface area contributed by atoms with Crippen LogP contribution >= 0.6 is 0 Å². The summed E-state index contributed by atoms with van der Waals surface area (Å²) in [5.74, 6) is 5.25. The molecule has 0 saturated carbocycles. The van der Waals surface area contributed by atoms with Crippen molar-refractivity contribution in [1.82, 2.24) is 4.48 Å². The van der Waals surface area contributed by atoms with E-state index >= 15 is 8.63 Å². The van der Waals surface area contributed by atoms with Crippen molar-refractivity contribution in [2.45, 2.75) is 0 Å². The van der Waals surface area contributed by atoms with Crippen molar-refractivity contribution < 1.29 is 27.6 Å². The Morgan fingerprint density at radius 2 is 0.722 bits per heavy atom. The molecule has 1 aromatic heterocycles. The normalized spacial score (nSPS) is 12.6. The molecule has 1 aliphatic heterocycles. The van der Waals surface area contributed by atoms with Crippen LogP contribution in [0.1, 0.15) is 22.4 Å². The summed E-state index contributed by atoms with van der Waals surface area (Å²) >= 11 is 0. The van der Waals surface area contributed by atoms with E-state index in [-0.39, 0.29) is 5.69 Å². The smallest absolute Gasteiger partial charge is 0.457 e. The van der Waals surface area contributed by atoms with Crippen molar-refractivity contribution >= 4 is 24.3 Å². The van der Waals surface area contributed by atoms with Gasteiger partial charge in [-0.1, -0.05) is 127 Å². The van der Waals surface area contributed by atoms with Crippen molar-refractivity contribution in [3.05, 3.63) is 289 Å². The fraction of sp³-hybridized carbons (Fsp3) is 0. The second-order valence-electron chi connectivity index (χ2n) is 16.8. The number of benzene rings is 9. The van der Waals surface area contributed by atoms with Crippen LogP contribution in [0.5, 0.6) is 46.0 Å². The van der Waals surface area contributed by atoms with E-state index in [9.17, 15) is 0 Å². The SMILES string of the molecule is FB(F)n1c(-c2ccc(Oc3ccccc3)cc2)cc(-c2ccc(Oc3ccccc3)cc2)c1/C(=C1\N=C(c2ccc(Oc3ccccc3)cc2)C=C1c1ccc(Oc2ccccc2)cc1)c1ccccc1. The van der Waals surface area contributed by atoms with Crippen LogP contribution < -0.4 is 18.9 Å². The van der Waals surface area contributed by atoms with Gasteiger partial charge in [0.15, 0.2) is 0 Å². The fourth-order valence-corrected chi connectivity index (χ4v) is 8.68. The molecule has 0 saturated heterocycles. The maximum Gasteiger partial charge on any atom is 0.678 e. The van der Waals surface area contributed by atoms with E-state index in [0.717, 1.165) is 26.9 Å². The van der Waals surface area contributed by atoms with Gasteiger partial charge in [-0.25, -0.2) is 4.99 Å². The molecule has 6 nitrogen and oxygen atoms in total. The molecule has 9 heteroatoms. The average molecular weight is 941 g/mol. The minimum absolute atomic E-state index is 0.286. The molecule has 0 N–H and O–H groups in total. The standard InChI is InChI=1S/C63H43BF2N2O4/c65-64(66)68-60(47-32-40-56(41-33-47)72-52-24-14-5-15-25-52)43-58(45-28-36-54(37-29-45)70-50-20-10-3-11-21-50)63(68)61(48-16-6-1-7-17-48)62-57(44-26-34-53(35-27-44)69-49-18-8-2-9-19-49)42-59(67-62)46-30-38-55(39-31-46)71-51-22-12-4-13-23-51/h1-43H/b62-61-. The van der Waals surface area contributed by atoms with Gasteiger partial charge in [0, 0.05) is 28.0 Å². The van der Waals surface area contributed by atoms with E-state index in [4.69, 9.17) is 23.9 Å². The van der Waals surface area contributed by atoms with Gasteiger partial charge in [-0.2, -0.15) is 0 Å². The summed E-state index contributed by atoms with van der Waals surface area (Å²) in [5.41, 5.74) is 7.19. The van der Waals surface area contributed by atoms with Gasteiger partial charge in [0.25, 0.3) is 0 Å². The molecule has 0 amide bonds. The summed E-state index contributed by atoms with van der Waals surface area (Å²) in [7, 11) is -2.98. The molecule has 9 aromatic carbocycles. The molecule has 72 heavy (non-hydrogen) atoms. The maximum atomic E-state index is 16.5. The van der Waals surface area contributed by atoms with Crippen molar-refractivity contribution in [3.63, 3.8) is 0 Å². The first kappa shape index (κ1) is 45.0. The quantitative estimate of drug-likeness (QED) is 0.0961. The molecule has 0 atom stereocenters. The highest BCUT2D eigenvalue weighted by molar-refractivity contribution is 6.42. The summed E-state index contributed by atoms with van der Waals surface area (Å²) in [6.45, 7) is 0. The second kappa shape index (κ2) is 20.6. The number of allylic oxidation sites excluding steroid dienone is 2. The van der Waals surface area contributed by atoms with Gasteiger partial charge < -0.3 is 23.4 Å². The van der Waals surface area contributed by atoms with E-state index < -0.39 is 7.40 Å². The molecule has 0 radical (unpaired) electrons. The lowest BCUT2D eigenvalue weighted by atomic mass is 9.90. The number of para-hydroxylation sites is 4. The molecule has 0 aliphatic carbocycles. The summed E-state index contributed by atoms with van der Waals surface area (Å²) in [6.07, 6.45) is 2.02. The van der Waals surface area contributed by atoms with Gasteiger partial charge in [0.05, 0.1) is 17.1 Å². The number of halogens is 2. The summed E-state index contributed by atoms with van der Waals surface area (Å²) in [4.78, 5) is 5.44. The van der Waals surface area contributed by atoms with Crippen LogP contribution in [-0.2, 0) is 0 Å². The Labute approximate surface area is 416 Å². The Morgan fingerprint density at radius 3 is 1.12 bits per heavy atom. The minimum atomic E-state index is -2.98. The molecule has 0 unspecified atom stereocenters. The van der Waals surface area contributed by atoms with Crippen molar-refractivity contribution in [2.24, 2.45) is 4.99 Å². The van der Waals surface area contributed by atoms with Crippen LogP contribution in [0.25, 0.3) is 33.5 Å². The number of aromatic nitrogens is 1. The number of hydrogen-bond donors (Lipinski definition) is 0. The molecular weight excluding hydrogens is 898 g/mol. The number of nitrogens with zero attached hydrogens (tertiary/aromatic N) is 2. The fourth-order valence-electron chi connectivity index (χ4n) is 8.68. The zero-order chi connectivity index (χ0) is 48.6. The lowest BCUT2D eigenvalue weighted by molar-refractivity contribution is 0.482. The van der Waals surface area contributed by atoms with Gasteiger partial charge in [-0.15, -0.1) is 0 Å². The summed E-state index contributed by atoms with van der Waals surface area (Å²) in [6, 6.07) is 79.9. The van der Waals surface area contributed by atoms with Crippen LogP contribution in [0.4, 0.5) is 8.63 Å². The lowest BCUT2D eigenvalue weighted by Gasteiger charge is -2.19. The number of aliphatic imine (C=N–C) groups is 1. The minimum Gasteiger partial charge on any atom is -0.457 e. The van der Waals surface area contributed by atoms with Gasteiger partial charge in [-0.05, 0) is 156 Å². The van der Waals surface area contributed by atoms with Crippen LogP contribution in [0.3, 0.4) is 0 Å². The van der Waals surface area contributed by atoms with Crippen LogP contribution in [0.15, 0.2) is 272 Å². The predicted molar refractivity (Wildman–Crippen MR) is 285 cm³/mol. The molecule has 10 aromatic rings. The zero-order valence-electron chi connectivity index (χ0n) is 38.7. The predicted octanol–water partition coefficient (Wildman–Crippen LogP) is 17.1. The van der Waals surface area contributed by atoms with Gasteiger partial charge in [0.1, 0.15) is 46.0 Å². The molecule has 0 spiro atoms. The first-order chi connectivity index (χ1) is 35.5. The maximum absolute atomic E-state index is 16.5. The van der Waals surface area contributed by atoms with Gasteiger partial charge >= 0.3 is 7.40 Å². The van der Waals surface area contributed by atoms with Crippen molar-refractivity contribution in [2.75, 3.05) is 0 Å². The molecule has 0 bridgehead atoms. The first-order valence-electron chi connectivity index (χ1n) is 23.5. The first-order valence-corrected chi connectivity index (χ1v) is 23.5. The van der Waals surface area contributed by atoms with E-state index in [2.05, 4.69) is 0 Å². The van der Waals surface area contributed by atoms with Gasteiger partial charge in [-0.3, -0.25) is 8.63 Å². The average Bonchev–Trinajstić information content (AvgIpc) is 4.05. The topological polar surface area (TPSA) is 54.2 Å². The van der Waals surface area contributed by atoms with Crippen molar-refractivity contribution in [1.29, 1.82) is 0 Å². The van der Waals surface area contributed by atoms with E-state index in [1.54, 1.807) is 12.1 Å². The monoisotopic (exact) mass is 940 g/mol. The number of ether oxygens (including phenoxy) is 4. The Morgan fingerprint density at radius 1 is 0.375 bits per heavy atom. The van der Waals surface area contributed by atoms with Crippen LogP contribution in [0, 0.1) is 0 Å². The highest BCUT2D eigenvalue weighted by atomic mass is 19.2. The molecule has 346 valence electrons. The molecule has 0 fully saturated rings. The Balaban J connectivity index is 1.11. The number of hydrogen-bond acceptors (Lipinski definition) is 5. The van der Waals surface area contributed by atoms with E-state index in [1.807, 2.05) is 249 Å². The highest BCUT2D eigenvalue weighted by Crippen LogP contribution is 2.46. The highest BCUT2D eigenvalue weighted by Gasteiger charge is 2.34. The third-order valence-corrected chi connectivity index (χ3v) is 12.1. The van der Waals surface area contributed by atoms with Gasteiger partial charge in [0.2, 0.25) is 0 Å². The summed E-state index contributed by atoms with van der Waals surface area (Å²) < 4.78 is 58.9. The Hall–Kier alpha value is -9.47.